The van der Waals surface area contributed by atoms with Gasteiger partial charge >= 0.3 is 0 Å². The molecule has 2 heterocycles. The van der Waals surface area contributed by atoms with Gasteiger partial charge in [-0.25, -0.2) is 4.39 Å². The van der Waals surface area contributed by atoms with Crippen molar-refractivity contribution in [3.05, 3.63) is 52.5 Å². The normalized spacial score (nSPS) is 17.1. The molecule has 1 aliphatic rings. The van der Waals surface area contributed by atoms with Gasteiger partial charge in [0.05, 0.1) is 13.0 Å². The Morgan fingerprint density at radius 1 is 1.31 bits per heavy atom. The Labute approximate surface area is 160 Å². The Morgan fingerprint density at radius 2 is 2.04 bits per heavy atom. The van der Waals surface area contributed by atoms with Crippen molar-refractivity contribution in [3.63, 3.8) is 0 Å². The molecular weight excluding hydrogens is 373 g/mol. The van der Waals surface area contributed by atoms with E-state index in [2.05, 4.69) is 5.32 Å². The van der Waals surface area contributed by atoms with Gasteiger partial charge in [-0.3, -0.25) is 14.5 Å². The number of hydrogen-bond donors (Lipinski definition) is 1. The number of benzene rings is 1. The van der Waals surface area contributed by atoms with Gasteiger partial charge in [0.15, 0.2) is 5.11 Å². The molecular formula is C18H18FN3O2S2. The molecule has 0 bridgehead atoms. The van der Waals surface area contributed by atoms with Crippen molar-refractivity contribution in [3.8, 4) is 0 Å². The fraction of sp³-hybridized carbons (Fsp3) is 0.278. The van der Waals surface area contributed by atoms with Crippen molar-refractivity contribution in [1.29, 1.82) is 0 Å². The quantitative estimate of drug-likeness (QED) is 0.768. The number of likely N-dealkylation sites (N-methyl/N-ethyl adjacent to an activating group) is 1. The van der Waals surface area contributed by atoms with Crippen LogP contribution in [0.1, 0.15) is 18.2 Å². The number of hydrogen-bond acceptors (Lipinski definition) is 4. The lowest BCUT2D eigenvalue weighted by atomic mass is 10.1. The van der Waals surface area contributed by atoms with Gasteiger partial charge in [-0.2, -0.15) is 0 Å². The van der Waals surface area contributed by atoms with Crippen LogP contribution in [0.5, 0.6) is 0 Å². The van der Waals surface area contributed by atoms with Crippen molar-refractivity contribution < 1.29 is 14.0 Å². The summed E-state index contributed by atoms with van der Waals surface area (Å²) >= 11 is 7.03. The molecule has 0 saturated carbocycles. The Kier molecular flexibility index (Phi) is 5.63. The van der Waals surface area contributed by atoms with E-state index in [0.717, 1.165) is 4.88 Å². The molecule has 1 aromatic heterocycles. The molecule has 5 nitrogen and oxygen atoms in total. The summed E-state index contributed by atoms with van der Waals surface area (Å²) in [5.41, 5.74) is 0.488. The highest BCUT2D eigenvalue weighted by atomic mass is 32.1. The van der Waals surface area contributed by atoms with Crippen molar-refractivity contribution in [1.82, 2.24) is 9.80 Å². The zero-order valence-electron chi connectivity index (χ0n) is 14.1. The molecule has 0 spiro atoms. The first-order valence-corrected chi connectivity index (χ1v) is 9.48. The average Bonchev–Trinajstić information content (AvgIpc) is 3.20. The summed E-state index contributed by atoms with van der Waals surface area (Å²) in [6, 6.07) is 8.79. The van der Waals surface area contributed by atoms with Crippen molar-refractivity contribution in [2.24, 2.45) is 0 Å². The number of nitrogens with zero attached hydrogens (tertiary/aromatic N) is 2. The zero-order valence-corrected chi connectivity index (χ0v) is 15.8. The van der Waals surface area contributed by atoms with Gasteiger partial charge in [-0.05, 0) is 54.9 Å². The van der Waals surface area contributed by atoms with Crippen LogP contribution in [0.25, 0.3) is 0 Å². The molecule has 1 saturated heterocycles. The smallest absolute Gasteiger partial charge is 0.252 e. The highest BCUT2D eigenvalue weighted by Gasteiger charge is 2.42. The molecule has 2 amide bonds. The minimum absolute atomic E-state index is 0.0156. The van der Waals surface area contributed by atoms with Crippen LogP contribution in [-0.4, -0.2) is 39.3 Å². The van der Waals surface area contributed by atoms with Gasteiger partial charge in [0.1, 0.15) is 11.9 Å². The largest absolute Gasteiger partial charge is 0.331 e. The maximum Gasteiger partial charge on any atom is 0.252 e. The van der Waals surface area contributed by atoms with Crippen LogP contribution < -0.4 is 5.32 Å². The highest BCUT2D eigenvalue weighted by Crippen LogP contribution is 2.25. The molecule has 2 aromatic rings. The molecule has 1 fully saturated rings. The van der Waals surface area contributed by atoms with Gasteiger partial charge < -0.3 is 10.2 Å². The summed E-state index contributed by atoms with van der Waals surface area (Å²) in [4.78, 5) is 29.5. The van der Waals surface area contributed by atoms with Crippen LogP contribution in [0.4, 0.5) is 10.1 Å². The number of thiophene rings is 1. The lowest BCUT2D eigenvalue weighted by Gasteiger charge is -2.23. The monoisotopic (exact) mass is 391 g/mol. The molecule has 3 rings (SSSR count). The van der Waals surface area contributed by atoms with Gasteiger partial charge in [0.2, 0.25) is 5.91 Å². The SMILES string of the molecule is CCN1C(=O)[C@@H](CC(=O)Nc2ccc(F)cc2)N(Cc2cccs2)C1=S. The second kappa shape index (κ2) is 7.92. The summed E-state index contributed by atoms with van der Waals surface area (Å²) in [5.74, 6) is -0.852. The summed E-state index contributed by atoms with van der Waals surface area (Å²) in [7, 11) is 0. The first-order valence-electron chi connectivity index (χ1n) is 8.19. The molecule has 8 heteroatoms. The fourth-order valence-electron chi connectivity index (χ4n) is 2.85. The van der Waals surface area contributed by atoms with Crippen molar-refractivity contribution >= 4 is 46.2 Å². The maximum absolute atomic E-state index is 13.0. The van der Waals surface area contributed by atoms with E-state index in [1.54, 1.807) is 16.2 Å². The van der Waals surface area contributed by atoms with E-state index >= 15 is 0 Å². The number of rotatable bonds is 6. The number of carbonyl (C=O) groups excluding carboxylic acids is 2. The second-order valence-electron chi connectivity index (χ2n) is 5.85. The van der Waals surface area contributed by atoms with E-state index in [9.17, 15) is 14.0 Å². The van der Waals surface area contributed by atoms with E-state index < -0.39 is 6.04 Å². The van der Waals surface area contributed by atoms with Crippen LogP contribution in [0.15, 0.2) is 41.8 Å². The third-order valence-corrected chi connectivity index (χ3v) is 5.45. The lowest BCUT2D eigenvalue weighted by Crippen LogP contribution is -2.37. The van der Waals surface area contributed by atoms with Crippen LogP contribution in [-0.2, 0) is 16.1 Å². The lowest BCUT2D eigenvalue weighted by molar-refractivity contribution is -0.130. The minimum Gasteiger partial charge on any atom is -0.331 e. The fourth-order valence-corrected chi connectivity index (χ4v) is 3.97. The summed E-state index contributed by atoms with van der Waals surface area (Å²) in [5, 5.41) is 5.11. The maximum atomic E-state index is 13.0. The Balaban J connectivity index is 1.73. The molecule has 0 aliphatic carbocycles. The number of amides is 2. The molecule has 1 aliphatic heterocycles. The standard InChI is InChI=1S/C18H18FN3O2S2/c1-2-21-17(24)15(22(18(21)25)11-14-4-3-9-26-14)10-16(23)20-13-7-5-12(19)6-8-13/h3-9,15H,2,10-11H2,1H3,(H,20,23)/t15-/m1/s1. The zero-order chi connectivity index (χ0) is 18.7. The summed E-state index contributed by atoms with van der Waals surface area (Å²) in [6.45, 7) is 2.82. The molecule has 26 heavy (non-hydrogen) atoms. The third-order valence-electron chi connectivity index (χ3n) is 4.13. The van der Waals surface area contributed by atoms with Gasteiger partial charge in [0, 0.05) is 17.1 Å². The van der Waals surface area contributed by atoms with Gasteiger partial charge in [0.25, 0.3) is 5.91 Å². The first-order chi connectivity index (χ1) is 12.5. The number of carbonyl (C=O) groups is 2. The molecule has 0 radical (unpaired) electrons. The minimum atomic E-state index is -0.634. The number of halogens is 1. The third kappa shape index (κ3) is 3.91. The van der Waals surface area contributed by atoms with Gasteiger partial charge in [-0.1, -0.05) is 6.07 Å². The van der Waals surface area contributed by atoms with Crippen LogP contribution in [0.2, 0.25) is 0 Å². The Hall–Kier alpha value is -2.32. The van der Waals surface area contributed by atoms with Crippen LogP contribution in [0, 0.1) is 5.82 Å². The van der Waals surface area contributed by atoms with E-state index in [0.29, 0.717) is 23.9 Å². The topological polar surface area (TPSA) is 52.7 Å². The highest BCUT2D eigenvalue weighted by molar-refractivity contribution is 7.80. The second-order valence-corrected chi connectivity index (χ2v) is 7.24. The van der Waals surface area contributed by atoms with Crippen molar-refractivity contribution in [2.75, 3.05) is 11.9 Å². The van der Waals surface area contributed by atoms with Crippen LogP contribution in [0.3, 0.4) is 0 Å². The first kappa shape index (κ1) is 18.5. The molecule has 1 aromatic carbocycles. The molecule has 136 valence electrons. The van der Waals surface area contributed by atoms with Crippen molar-refractivity contribution in [2.45, 2.75) is 25.9 Å². The Bertz CT molecular complexity index is 808. The van der Waals surface area contributed by atoms with E-state index in [-0.39, 0.29) is 24.1 Å². The summed E-state index contributed by atoms with van der Waals surface area (Å²) < 4.78 is 13.0. The number of thiocarbonyl (C=S) groups is 1. The van der Waals surface area contributed by atoms with E-state index in [1.807, 2.05) is 24.4 Å². The summed E-state index contributed by atoms with van der Waals surface area (Å²) in [6.07, 6.45) is -0.0156. The average molecular weight is 391 g/mol. The molecule has 0 unspecified atom stereocenters. The predicted octanol–water partition coefficient (Wildman–Crippen LogP) is 3.23. The predicted molar refractivity (Wildman–Crippen MR) is 103 cm³/mol. The molecule has 1 atom stereocenters. The van der Waals surface area contributed by atoms with Crippen LogP contribution >= 0.6 is 23.6 Å². The Morgan fingerprint density at radius 3 is 2.65 bits per heavy atom. The number of nitrogens with one attached hydrogen (secondary N) is 1. The molecule has 1 N–H and O–H groups in total. The van der Waals surface area contributed by atoms with E-state index in [1.165, 1.54) is 29.2 Å². The number of anilines is 1. The van der Waals surface area contributed by atoms with Gasteiger partial charge in [-0.15, -0.1) is 11.3 Å². The van der Waals surface area contributed by atoms with E-state index in [4.69, 9.17) is 12.2 Å².